The molecule has 1 atom stereocenters. The van der Waals surface area contributed by atoms with Gasteiger partial charge in [-0.1, -0.05) is 51.5 Å². The van der Waals surface area contributed by atoms with E-state index in [4.69, 9.17) is 0 Å². The van der Waals surface area contributed by atoms with Gasteiger partial charge in [-0.3, -0.25) is 0 Å². The van der Waals surface area contributed by atoms with Gasteiger partial charge >= 0.3 is 6.03 Å². The zero-order valence-electron chi connectivity index (χ0n) is 13.3. The molecule has 0 radical (unpaired) electrons. The van der Waals surface area contributed by atoms with Crippen molar-refractivity contribution in [2.75, 3.05) is 18.8 Å². The maximum atomic E-state index is 12.3. The molecular formula is C17H26N2OS. The number of nitrogens with one attached hydrogen (secondary N) is 1. The van der Waals surface area contributed by atoms with Crippen molar-refractivity contribution in [3.05, 3.63) is 35.4 Å². The largest absolute Gasteiger partial charge is 0.338 e. The van der Waals surface area contributed by atoms with E-state index in [0.29, 0.717) is 5.92 Å². The highest BCUT2D eigenvalue weighted by atomic mass is 32.2. The van der Waals surface area contributed by atoms with Gasteiger partial charge in [0.2, 0.25) is 0 Å². The summed E-state index contributed by atoms with van der Waals surface area (Å²) in [4.78, 5) is 14.2. The number of urea groups is 1. The van der Waals surface area contributed by atoms with E-state index in [9.17, 15) is 4.79 Å². The van der Waals surface area contributed by atoms with Crippen molar-refractivity contribution in [2.24, 2.45) is 0 Å². The molecule has 1 unspecified atom stereocenters. The average Bonchev–Trinajstić information content (AvgIpc) is 2.97. The highest BCUT2D eigenvalue weighted by Gasteiger charge is 2.30. The molecule has 0 spiro atoms. The Labute approximate surface area is 132 Å². The minimum atomic E-state index is 0.0754. The normalized spacial score (nSPS) is 18.3. The maximum Gasteiger partial charge on any atom is 0.318 e. The van der Waals surface area contributed by atoms with E-state index in [1.165, 1.54) is 11.1 Å². The topological polar surface area (TPSA) is 32.3 Å². The molecule has 1 aliphatic rings. The lowest BCUT2D eigenvalue weighted by atomic mass is 10.0. The molecule has 0 aromatic heterocycles. The first kappa shape index (κ1) is 16.2. The van der Waals surface area contributed by atoms with Crippen LogP contribution in [0, 0.1) is 0 Å². The van der Waals surface area contributed by atoms with Gasteiger partial charge in [0.15, 0.2) is 0 Å². The molecule has 1 aromatic carbocycles. The van der Waals surface area contributed by atoms with E-state index in [1.807, 2.05) is 16.7 Å². The number of rotatable bonds is 5. The van der Waals surface area contributed by atoms with Gasteiger partial charge in [-0.05, 0) is 23.5 Å². The average molecular weight is 306 g/mol. The standard InChI is InChI=1S/C17H26N2OS/c1-4-5-10-18-17(20)19-11-12-21-16(19)15-8-6-14(7-9-15)13(2)3/h6-9,13,16H,4-5,10-12H2,1-3H3,(H,18,20). The van der Waals surface area contributed by atoms with Crippen LogP contribution in [-0.4, -0.2) is 29.8 Å². The van der Waals surface area contributed by atoms with Crippen LogP contribution in [0.2, 0.25) is 0 Å². The number of unbranched alkanes of at least 4 members (excludes halogenated alkanes) is 1. The molecule has 116 valence electrons. The predicted octanol–water partition coefficient (Wildman–Crippen LogP) is 4.37. The van der Waals surface area contributed by atoms with Gasteiger partial charge in [0.25, 0.3) is 0 Å². The van der Waals surface area contributed by atoms with Crippen LogP contribution in [0.25, 0.3) is 0 Å². The molecule has 4 heteroatoms. The van der Waals surface area contributed by atoms with Crippen molar-refractivity contribution in [1.29, 1.82) is 0 Å². The molecule has 2 rings (SSSR count). The van der Waals surface area contributed by atoms with Gasteiger partial charge in [0.1, 0.15) is 5.37 Å². The molecule has 1 saturated heterocycles. The highest BCUT2D eigenvalue weighted by molar-refractivity contribution is 7.99. The molecule has 3 nitrogen and oxygen atoms in total. The number of carbonyl (C=O) groups is 1. The van der Waals surface area contributed by atoms with Crippen LogP contribution < -0.4 is 5.32 Å². The molecule has 2 amide bonds. The van der Waals surface area contributed by atoms with Crippen molar-refractivity contribution in [1.82, 2.24) is 10.2 Å². The van der Waals surface area contributed by atoms with Crippen LogP contribution in [-0.2, 0) is 0 Å². The van der Waals surface area contributed by atoms with Crippen LogP contribution in [0.5, 0.6) is 0 Å². The van der Waals surface area contributed by atoms with Crippen LogP contribution >= 0.6 is 11.8 Å². The Balaban J connectivity index is 2.02. The number of nitrogens with zero attached hydrogens (tertiary/aromatic N) is 1. The summed E-state index contributed by atoms with van der Waals surface area (Å²) in [6.07, 6.45) is 2.15. The zero-order valence-corrected chi connectivity index (χ0v) is 14.1. The number of carbonyl (C=O) groups excluding carboxylic acids is 1. The molecule has 1 fully saturated rings. The summed E-state index contributed by atoms with van der Waals surface area (Å²) in [5.74, 6) is 1.56. The Morgan fingerprint density at radius 2 is 2.10 bits per heavy atom. The van der Waals surface area contributed by atoms with Gasteiger partial charge in [0, 0.05) is 18.8 Å². The third kappa shape index (κ3) is 4.16. The molecule has 1 aliphatic heterocycles. The Morgan fingerprint density at radius 3 is 2.71 bits per heavy atom. The molecule has 21 heavy (non-hydrogen) atoms. The van der Waals surface area contributed by atoms with E-state index >= 15 is 0 Å². The summed E-state index contributed by atoms with van der Waals surface area (Å²) in [5, 5.41) is 3.19. The Bertz CT molecular complexity index is 458. The maximum absolute atomic E-state index is 12.3. The van der Waals surface area contributed by atoms with Gasteiger partial charge in [-0.2, -0.15) is 0 Å². The van der Waals surface area contributed by atoms with Crippen molar-refractivity contribution >= 4 is 17.8 Å². The van der Waals surface area contributed by atoms with E-state index < -0.39 is 0 Å². The number of hydrogen-bond acceptors (Lipinski definition) is 2. The first-order chi connectivity index (χ1) is 10.1. The van der Waals surface area contributed by atoms with Gasteiger partial charge in [-0.25, -0.2) is 4.79 Å². The molecule has 0 aliphatic carbocycles. The van der Waals surface area contributed by atoms with Crippen molar-refractivity contribution in [3.8, 4) is 0 Å². The van der Waals surface area contributed by atoms with Crippen molar-refractivity contribution < 1.29 is 4.79 Å². The lowest BCUT2D eigenvalue weighted by molar-refractivity contribution is 0.200. The van der Waals surface area contributed by atoms with Crippen LogP contribution in [0.4, 0.5) is 4.79 Å². The second-order valence-electron chi connectivity index (χ2n) is 5.82. The number of benzene rings is 1. The Morgan fingerprint density at radius 1 is 1.38 bits per heavy atom. The molecule has 0 bridgehead atoms. The quantitative estimate of drug-likeness (QED) is 0.819. The first-order valence-corrected chi connectivity index (χ1v) is 8.94. The Hall–Kier alpha value is -1.16. The third-order valence-corrected chi connectivity index (χ3v) is 5.11. The zero-order chi connectivity index (χ0) is 15.2. The number of amides is 2. The summed E-state index contributed by atoms with van der Waals surface area (Å²) < 4.78 is 0. The van der Waals surface area contributed by atoms with Crippen molar-refractivity contribution in [3.63, 3.8) is 0 Å². The van der Waals surface area contributed by atoms with Crippen LogP contribution in [0.1, 0.15) is 56.0 Å². The fraction of sp³-hybridized carbons (Fsp3) is 0.588. The van der Waals surface area contributed by atoms with Crippen LogP contribution in [0.3, 0.4) is 0 Å². The fourth-order valence-electron chi connectivity index (χ4n) is 2.47. The molecule has 1 N–H and O–H groups in total. The summed E-state index contributed by atoms with van der Waals surface area (Å²) in [6.45, 7) is 8.14. The molecular weight excluding hydrogens is 280 g/mol. The lowest BCUT2D eigenvalue weighted by Gasteiger charge is -2.24. The molecule has 0 saturated carbocycles. The van der Waals surface area contributed by atoms with Crippen LogP contribution in [0.15, 0.2) is 24.3 Å². The third-order valence-electron chi connectivity index (χ3n) is 3.85. The Kier molecular flexibility index (Phi) is 5.97. The van der Waals surface area contributed by atoms with E-state index in [2.05, 4.69) is 50.4 Å². The van der Waals surface area contributed by atoms with E-state index in [0.717, 1.165) is 31.7 Å². The summed E-state index contributed by atoms with van der Waals surface area (Å²) in [5.41, 5.74) is 2.58. The summed E-state index contributed by atoms with van der Waals surface area (Å²) in [6, 6.07) is 8.79. The SMILES string of the molecule is CCCCNC(=O)N1CCSC1c1ccc(C(C)C)cc1. The molecule has 1 heterocycles. The highest BCUT2D eigenvalue weighted by Crippen LogP contribution is 2.38. The van der Waals surface area contributed by atoms with Gasteiger partial charge < -0.3 is 10.2 Å². The van der Waals surface area contributed by atoms with Crippen molar-refractivity contribution in [2.45, 2.75) is 44.9 Å². The van der Waals surface area contributed by atoms with E-state index in [-0.39, 0.29) is 11.4 Å². The van der Waals surface area contributed by atoms with Gasteiger partial charge in [0.05, 0.1) is 0 Å². The summed E-state index contributed by atoms with van der Waals surface area (Å²) >= 11 is 1.85. The monoisotopic (exact) mass is 306 g/mol. The second kappa shape index (κ2) is 7.74. The predicted molar refractivity (Wildman–Crippen MR) is 90.7 cm³/mol. The fourth-order valence-corrected chi connectivity index (χ4v) is 3.73. The second-order valence-corrected chi connectivity index (χ2v) is 7.01. The number of hydrogen-bond donors (Lipinski definition) is 1. The molecule has 1 aromatic rings. The minimum absolute atomic E-state index is 0.0754. The first-order valence-electron chi connectivity index (χ1n) is 7.89. The van der Waals surface area contributed by atoms with E-state index in [1.54, 1.807) is 0 Å². The number of thioether (sulfide) groups is 1. The summed E-state index contributed by atoms with van der Waals surface area (Å²) in [7, 11) is 0. The van der Waals surface area contributed by atoms with Gasteiger partial charge in [-0.15, -0.1) is 11.8 Å². The smallest absolute Gasteiger partial charge is 0.318 e. The minimum Gasteiger partial charge on any atom is -0.338 e. The lowest BCUT2D eigenvalue weighted by Crippen LogP contribution is -2.39.